The summed E-state index contributed by atoms with van der Waals surface area (Å²) in [6.07, 6.45) is 5.77. The quantitative estimate of drug-likeness (QED) is 0.621. The molecular formula is C11H16O2. The van der Waals surface area contributed by atoms with Crippen LogP contribution in [-0.2, 0) is 9.53 Å². The van der Waals surface area contributed by atoms with Crippen LogP contribution in [0.4, 0.5) is 0 Å². The van der Waals surface area contributed by atoms with E-state index in [0.29, 0.717) is 11.9 Å². The third kappa shape index (κ3) is 2.19. The molecule has 0 aromatic carbocycles. The van der Waals surface area contributed by atoms with Gasteiger partial charge in [-0.2, -0.15) is 0 Å². The average molecular weight is 180 g/mol. The molecular weight excluding hydrogens is 164 g/mol. The largest absolute Gasteiger partial charge is 0.373 e. The summed E-state index contributed by atoms with van der Waals surface area (Å²) in [6, 6.07) is 0. The van der Waals surface area contributed by atoms with Gasteiger partial charge in [-0.15, -0.1) is 0 Å². The third-order valence-corrected chi connectivity index (χ3v) is 3.01. The molecule has 0 bridgehead atoms. The molecule has 0 spiro atoms. The molecule has 1 aliphatic carbocycles. The Bertz CT molecular complexity index is 249. The highest BCUT2D eigenvalue weighted by Crippen LogP contribution is 2.28. The Balaban J connectivity index is 1.76. The highest BCUT2D eigenvalue weighted by molar-refractivity contribution is 5.98. The van der Waals surface area contributed by atoms with Gasteiger partial charge in [-0.25, -0.2) is 0 Å². The van der Waals surface area contributed by atoms with Gasteiger partial charge in [-0.05, 0) is 38.2 Å². The standard InChI is InChI=1S/C11H16O2/c1-8-9(5-6-11(8)12)3-2-4-10-7-13-10/h10H,2-7H2,1H3. The molecule has 0 N–H and O–H groups in total. The summed E-state index contributed by atoms with van der Waals surface area (Å²) in [5, 5.41) is 0. The van der Waals surface area contributed by atoms with Crippen LogP contribution in [0.3, 0.4) is 0 Å². The maximum Gasteiger partial charge on any atom is 0.158 e. The van der Waals surface area contributed by atoms with Crippen LogP contribution in [0, 0.1) is 0 Å². The van der Waals surface area contributed by atoms with E-state index in [9.17, 15) is 4.79 Å². The number of hydrogen-bond acceptors (Lipinski definition) is 2. The van der Waals surface area contributed by atoms with Gasteiger partial charge in [0.2, 0.25) is 0 Å². The first kappa shape index (κ1) is 8.95. The van der Waals surface area contributed by atoms with E-state index in [1.165, 1.54) is 18.4 Å². The number of ketones is 1. The van der Waals surface area contributed by atoms with Crippen LogP contribution >= 0.6 is 0 Å². The van der Waals surface area contributed by atoms with E-state index in [0.717, 1.165) is 31.4 Å². The molecule has 0 saturated carbocycles. The van der Waals surface area contributed by atoms with Gasteiger partial charge in [0, 0.05) is 6.42 Å². The van der Waals surface area contributed by atoms with Crippen molar-refractivity contribution in [3.05, 3.63) is 11.1 Å². The maximum absolute atomic E-state index is 11.2. The Labute approximate surface area is 79.0 Å². The zero-order valence-corrected chi connectivity index (χ0v) is 8.14. The highest BCUT2D eigenvalue weighted by Gasteiger charge is 2.23. The van der Waals surface area contributed by atoms with E-state index in [4.69, 9.17) is 4.74 Å². The minimum atomic E-state index is 0.359. The van der Waals surface area contributed by atoms with Crippen LogP contribution in [0.2, 0.25) is 0 Å². The third-order valence-electron chi connectivity index (χ3n) is 3.01. The minimum Gasteiger partial charge on any atom is -0.373 e. The Morgan fingerprint density at radius 2 is 2.23 bits per heavy atom. The van der Waals surface area contributed by atoms with E-state index < -0.39 is 0 Å². The minimum absolute atomic E-state index is 0.359. The van der Waals surface area contributed by atoms with Gasteiger partial charge in [-0.1, -0.05) is 5.57 Å². The summed E-state index contributed by atoms with van der Waals surface area (Å²) >= 11 is 0. The molecule has 2 aliphatic rings. The Morgan fingerprint density at radius 3 is 2.77 bits per heavy atom. The Hall–Kier alpha value is -0.630. The highest BCUT2D eigenvalue weighted by atomic mass is 16.6. The first-order chi connectivity index (χ1) is 6.27. The molecule has 0 aromatic heterocycles. The Morgan fingerprint density at radius 1 is 1.46 bits per heavy atom. The number of epoxide rings is 1. The fourth-order valence-electron chi connectivity index (χ4n) is 1.93. The van der Waals surface area contributed by atoms with Gasteiger partial charge in [0.05, 0.1) is 12.7 Å². The SMILES string of the molecule is CC1=C(CCCC2CO2)CCC1=O. The van der Waals surface area contributed by atoms with Crippen molar-refractivity contribution in [2.75, 3.05) is 6.61 Å². The zero-order chi connectivity index (χ0) is 9.26. The van der Waals surface area contributed by atoms with Crippen LogP contribution in [0.1, 0.15) is 39.0 Å². The number of carbonyl (C=O) groups excluding carboxylic acids is 1. The predicted molar refractivity (Wildman–Crippen MR) is 50.5 cm³/mol. The van der Waals surface area contributed by atoms with Crippen molar-refractivity contribution in [1.29, 1.82) is 0 Å². The summed E-state index contributed by atoms with van der Waals surface area (Å²) in [5.41, 5.74) is 2.43. The molecule has 1 heterocycles. The maximum atomic E-state index is 11.2. The van der Waals surface area contributed by atoms with Gasteiger partial charge >= 0.3 is 0 Å². The van der Waals surface area contributed by atoms with Gasteiger partial charge in [-0.3, -0.25) is 4.79 Å². The van der Waals surface area contributed by atoms with E-state index >= 15 is 0 Å². The first-order valence-electron chi connectivity index (χ1n) is 5.11. The molecule has 13 heavy (non-hydrogen) atoms. The van der Waals surface area contributed by atoms with Crippen LogP contribution < -0.4 is 0 Å². The number of hydrogen-bond donors (Lipinski definition) is 0. The summed E-state index contributed by atoms with van der Waals surface area (Å²) in [7, 11) is 0. The monoisotopic (exact) mass is 180 g/mol. The van der Waals surface area contributed by atoms with Gasteiger partial charge < -0.3 is 4.74 Å². The fraction of sp³-hybridized carbons (Fsp3) is 0.727. The van der Waals surface area contributed by atoms with Crippen molar-refractivity contribution in [2.45, 2.75) is 45.1 Å². The second-order valence-corrected chi connectivity index (χ2v) is 4.00. The van der Waals surface area contributed by atoms with Crippen molar-refractivity contribution in [2.24, 2.45) is 0 Å². The van der Waals surface area contributed by atoms with Crippen molar-refractivity contribution < 1.29 is 9.53 Å². The summed E-state index contributed by atoms with van der Waals surface area (Å²) in [4.78, 5) is 11.2. The molecule has 1 aliphatic heterocycles. The van der Waals surface area contributed by atoms with Gasteiger partial charge in [0.1, 0.15) is 0 Å². The number of ether oxygens (including phenoxy) is 1. The van der Waals surface area contributed by atoms with Crippen molar-refractivity contribution >= 4 is 5.78 Å². The van der Waals surface area contributed by atoms with Crippen LogP contribution in [0.15, 0.2) is 11.1 Å². The lowest BCUT2D eigenvalue weighted by atomic mass is 10.0. The molecule has 2 heteroatoms. The summed E-state index contributed by atoms with van der Waals surface area (Å²) < 4.78 is 5.14. The number of allylic oxidation sites excluding steroid dienone is 2. The normalized spacial score (nSPS) is 27.2. The molecule has 0 amide bonds. The van der Waals surface area contributed by atoms with Gasteiger partial charge in [0.25, 0.3) is 0 Å². The van der Waals surface area contributed by atoms with E-state index in [1.807, 2.05) is 6.92 Å². The van der Waals surface area contributed by atoms with E-state index in [1.54, 1.807) is 0 Å². The summed E-state index contributed by atoms with van der Waals surface area (Å²) in [6.45, 7) is 2.93. The van der Waals surface area contributed by atoms with Crippen LogP contribution in [0.25, 0.3) is 0 Å². The predicted octanol–water partition coefficient (Wildman–Crippen LogP) is 2.23. The molecule has 2 rings (SSSR count). The van der Waals surface area contributed by atoms with E-state index in [2.05, 4.69) is 0 Å². The molecule has 72 valence electrons. The molecule has 1 atom stereocenters. The zero-order valence-electron chi connectivity index (χ0n) is 8.14. The molecule has 1 unspecified atom stereocenters. The first-order valence-corrected chi connectivity index (χ1v) is 5.11. The van der Waals surface area contributed by atoms with Crippen molar-refractivity contribution in [3.63, 3.8) is 0 Å². The number of rotatable bonds is 4. The van der Waals surface area contributed by atoms with Crippen LogP contribution in [0.5, 0.6) is 0 Å². The van der Waals surface area contributed by atoms with Crippen LogP contribution in [-0.4, -0.2) is 18.5 Å². The second-order valence-electron chi connectivity index (χ2n) is 4.00. The Kier molecular flexibility index (Phi) is 2.49. The van der Waals surface area contributed by atoms with Crippen molar-refractivity contribution in [1.82, 2.24) is 0 Å². The average Bonchev–Trinajstić information content (AvgIpc) is 2.88. The second kappa shape index (κ2) is 3.62. The summed E-state index contributed by atoms with van der Waals surface area (Å²) in [5.74, 6) is 0.359. The topological polar surface area (TPSA) is 29.6 Å². The molecule has 0 radical (unpaired) electrons. The smallest absolute Gasteiger partial charge is 0.158 e. The molecule has 0 aromatic rings. The lowest BCUT2D eigenvalue weighted by molar-refractivity contribution is -0.114. The molecule has 1 saturated heterocycles. The number of carbonyl (C=O) groups is 1. The van der Waals surface area contributed by atoms with Crippen molar-refractivity contribution in [3.8, 4) is 0 Å². The fourth-order valence-corrected chi connectivity index (χ4v) is 1.93. The van der Waals surface area contributed by atoms with Gasteiger partial charge in [0.15, 0.2) is 5.78 Å². The lowest BCUT2D eigenvalue weighted by Gasteiger charge is -2.01. The lowest BCUT2D eigenvalue weighted by Crippen LogP contribution is -1.91. The van der Waals surface area contributed by atoms with E-state index in [-0.39, 0.29) is 0 Å². The molecule has 1 fully saturated rings. The number of Topliss-reactive ketones (excluding diaryl/α,β-unsaturated/α-hetero) is 1. The molecule has 2 nitrogen and oxygen atoms in total.